The van der Waals surface area contributed by atoms with Crippen LogP contribution in [0.25, 0.3) is 0 Å². The summed E-state index contributed by atoms with van der Waals surface area (Å²) in [6, 6.07) is 8.43. The second-order valence-corrected chi connectivity index (χ2v) is 7.72. The predicted molar refractivity (Wildman–Crippen MR) is 89.5 cm³/mol. The van der Waals surface area contributed by atoms with E-state index in [1.54, 1.807) is 11.3 Å². The van der Waals surface area contributed by atoms with Crippen LogP contribution in [-0.2, 0) is 6.42 Å². The topological polar surface area (TPSA) is 26.0 Å². The van der Waals surface area contributed by atoms with Crippen LogP contribution in [-0.4, -0.2) is 0 Å². The Labute approximate surface area is 135 Å². The summed E-state index contributed by atoms with van der Waals surface area (Å²) >= 11 is 11.1. The van der Waals surface area contributed by atoms with Crippen molar-refractivity contribution in [1.29, 1.82) is 0 Å². The van der Waals surface area contributed by atoms with Gasteiger partial charge in [0, 0.05) is 35.2 Å². The summed E-state index contributed by atoms with van der Waals surface area (Å²) in [6.45, 7) is 0. The third kappa shape index (κ3) is 3.76. The highest BCUT2D eigenvalue weighted by molar-refractivity contribution is 14.1. The Balaban J connectivity index is 2.19. The first-order valence-corrected chi connectivity index (χ1v) is 8.54. The molecule has 90 valence electrons. The number of rotatable bonds is 3. The summed E-state index contributed by atoms with van der Waals surface area (Å²) in [5, 5.41) is 2.09. The van der Waals surface area contributed by atoms with Gasteiger partial charge in [-0.25, -0.2) is 0 Å². The van der Waals surface area contributed by atoms with E-state index in [9.17, 15) is 0 Å². The maximum atomic E-state index is 6.26. The van der Waals surface area contributed by atoms with Gasteiger partial charge in [0.05, 0.1) is 0 Å². The number of thiophene rings is 1. The molecule has 0 saturated carbocycles. The fourth-order valence-electron chi connectivity index (χ4n) is 1.59. The minimum absolute atomic E-state index is 0.0321. The van der Waals surface area contributed by atoms with E-state index in [1.807, 2.05) is 0 Å². The summed E-state index contributed by atoms with van der Waals surface area (Å²) < 4.78 is 3.43. The molecule has 1 nitrogen and oxygen atoms in total. The highest BCUT2D eigenvalue weighted by atomic mass is 127. The van der Waals surface area contributed by atoms with Crippen molar-refractivity contribution < 1.29 is 0 Å². The molecule has 2 aromatic rings. The molecule has 0 aliphatic rings. The van der Waals surface area contributed by atoms with Gasteiger partial charge in [-0.3, -0.25) is 0 Å². The second-order valence-electron chi connectivity index (χ2n) is 3.71. The maximum Gasteiger partial charge on any atom is 0.0355 e. The molecule has 0 aliphatic heterocycles. The van der Waals surface area contributed by atoms with Crippen molar-refractivity contribution in [3.8, 4) is 0 Å². The van der Waals surface area contributed by atoms with E-state index in [0.29, 0.717) is 0 Å². The first-order valence-electron chi connectivity index (χ1n) is 4.99. The van der Waals surface area contributed by atoms with Gasteiger partial charge in [0.15, 0.2) is 0 Å². The molecule has 17 heavy (non-hydrogen) atoms. The standard InChI is InChI=1S/C12H10Br2INS/c13-7-3-9(17-6-7)5-12(16)10-4-8(15)1-2-11(10)14/h1-4,6,12H,5,16H2. The minimum Gasteiger partial charge on any atom is -0.324 e. The monoisotopic (exact) mass is 485 g/mol. The molecule has 0 amide bonds. The molecule has 0 bridgehead atoms. The number of benzene rings is 1. The first kappa shape index (κ1) is 14.0. The summed E-state index contributed by atoms with van der Waals surface area (Å²) in [5.74, 6) is 0. The zero-order valence-corrected chi connectivity index (χ0v) is 14.9. The molecule has 2 N–H and O–H groups in total. The lowest BCUT2D eigenvalue weighted by Gasteiger charge is -2.13. The van der Waals surface area contributed by atoms with E-state index in [2.05, 4.69) is 84.1 Å². The zero-order valence-electron chi connectivity index (χ0n) is 8.79. The molecular formula is C12H10Br2INS. The molecule has 2 rings (SSSR count). The van der Waals surface area contributed by atoms with E-state index in [-0.39, 0.29) is 6.04 Å². The average Bonchev–Trinajstić information content (AvgIpc) is 2.67. The molecule has 0 aliphatic carbocycles. The van der Waals surface area contributed by atoms with Gasteiger partial charge in [-0.05, 0) is 68.3 Å². The second kappa shape index (κ2) is 6.14. The van der Waals surface area contributed by atoms with Crippen molar-refractivity contribution >= 4 is 65.8 Å². The highest BCUT2D eigenvalue weighted by Crippen LogP contribution is 2.29. The van der Waals surface area contributed by atoms with Crippen LogP contribution in [0.4, 0.5) is 0 Å². The van der Waals surface area contributed by atoms with E-state index in [4.69, 9.17) is 5.73 Å². The molecular weight excluding hydrogens is 477 g/mol. The Morgan fingerprint density at radius 3 is 2.71 bits per heavy atom. The van der Waals surface area contributed by atoms with Crippen LogP contribution >= 0.6 is 65.8 Å². The van der Waals surface area contributed by atoms with Crippen LogP contribution in [0.5, 0.6) is 0 Å². The number of hydrogen-bond donors (Lipinski definition) is 1. The van der Waals surface area contributed by atoms with Crippen molar-refractivity contribution in [3.63, 3.8) is 0 Å². The smallest absolute Gasteiger partial charge is 0.0355 e. The molecule has 1 atom stereocenters. The normalized spacial score (nSPS) is 12.7. The van der Waals surface area contributed by atoms with Crippen LogP contribution in [0.3, 0.4) is 0 Å². The quantitative estimate of drug-likeness (QED) is 0.599. The molecule has 1 unspecified atom stereocenters. The van der Waals surface area contributed by atoms with Crippen molar-refractivity contribution in [3.05, 3.63) is 52.6 Å². The summed E-state index contributed by atoms with van der Waals surface area (Å²) in [5.41, 5.74) is 7.43. The van der Waals surface area contributed by atoms with Crippen molar-refractivity contribution in [2.75, 3.05) is 0 Å². The molecule has 0 fully saturated rings. The van der Waals surface area contributed by atoms with Crippen molar-refractivity contribution in [2.24, 2.45) is 5.73 Å². The number of nitrogens with two attached hydrogens (primary N) is 1. The number of hydrogen-bond acceptors (Lipinski definition) is 2. The van der Waals surface area contributed by atoms with Crippen LogP contribution < -0.4 is 5.73 Å². The van der Waals surface area contributed by atoms with Gasteiger partial charge in [-0.15, -0.1) is 11.3 Å². The zero-order chi connectivity index (χ0) is 12.4. The molecule has 0 saturated heterocycles. The number of halogens is 3. The van der Waals surface area contributed by atoms with Gasteiger partial charge in [0.2, 0.25) is 0 Å². The van der Waals surface area contributed by atoms with E-state index < -0.39 is 0 Å². The van der Waals surface area contributed by atoms with Gasteiger partial charge in [-0.1, -0.05) is 15.9 Å². The molecule has 1 heterocycles. The molecule has 0 spiro atoms. The Morgan fingerprint density at radius 2 is 2.06 bits per heavy atom. The van der Waals surface area contributed by atoms with Crippen LogP contribution in [0.1, 0.15) is 16.5 Å². The van der Waals surface area contributed by atoms with E-state index in [1.165, 1.54) is 14.0 Å². The Kier molecular flexibility index (Phi) is 5.06. The Hall–Kier alpha value is 0.570. The summed E-state index contributed by atoms with van der Waals surface area (Å²) in [7, 11) is 0. The van der Waals surface area contributed by atoms with Crippen molar-refractivity contribution in [1.82, 2.24) is 0 Å². The third-order valence-corrected chi connectivity index (χ3v) is 5.51. The maximum absolute atomic E-state index is 6.26. The van der Waals surface area contributed by atoms with E-state index in [0.717, 1.165) is 15.4 Å². The van der Waals surface area contributed by atoms with Crippen LogP contribution in [0.15, 0.2) is 38.6 Å². The first-order chi connectivity index (χ1) is 8.06. The Bertz CT molecular complexity index is 527. The molecule has 5 heteroatoms. The molecule has 1 aromatic heterocycles. The largest absolute Gasteiger partial charge is 0.324 e. The highest BCUT2D eigenvalue weighted by Gasteiger charge is 2.12. The van der Waals surface area contributed by atoms with Crippen molar-refractivity contribution in [2.45, 2.75) is 12.5 Å². The minimum atomic E-state index is 0.0321. The Morgan fingerprint density at radius 1 is 1.29 bits per heavy atom. The molecule has 1 aromatic carbocycles. The van der Waals surface area contributed by atoms with Gasteiger partial charge >= 0.3 is 0 Å². The third-order valence-electron chi connectivity index (χ3n) is 2.40. The lowest BCUT2D eigenvalue weighted by molar-refractivity contribution is 0.726. The lowest BCUT2D eigenvalue weighted by Crippen LogP contribution is -2.13. The SMILES string of the molecule is NC(Cc1cc(Br)cs1)c1cc(I)ccc1Br. The van der Waals surface area contributed by atoms with Crippen LogP contribution in [0, 0.1) is 3.57 Å². The summed E-state index contributed by atoms with van der Waals surface area (Å²) in [6.07, 6.45) is 0.870. The van der Waals surface area contributed by atoms with Gasteiger partial charge in [0.1, 0.15) is 0 Å². The fourth-order valence-corrected chi connectivity index (χ4v) is 4.15. The van der Waals surface area contributed by atoms with Gasteiger partial charge in [0.25, 0.3) is 0 Å². The summed E-state index contributed by atoms with van der Waals surface area (Å²) in [4.78, 5) is 1.30. The fraction of sp³-hybridized carbons (Fsp3) is 0.167. The lowest BCUT2D eigenvalue weighted by atomic mass is 10.0. The van der Waals surface area contributed by atoms with E-state index >= 15 is 0 Å². The molecule has 0 radical (unpaired) electrons. The van der Waals surface area contributed by atoms with Crippen LogP contribution in [0.2, 0.25) is 0 Å². The predicted octanol–water partition coefficient (Wildman–Crippen LogP) is 5.12. The average molecular weight is 487 g/mol. The van der Waals surface area contributed by atoms with Gasteiger partial charge < -0.3 is 5.73 Å². The van der Waals surface area contributed by atoms with Gasteiger partial charge in [-0.2, -0.15) is 0 Å².